The first kappa shape index (κ1) is 26.9. The van der Waals surface area contributed by atoms with Crippen LogP contribution in [-0.4, -0.2) is 78.6 Å². The summed E-state index contributed by atoms with van der Waals surface area (Å²) >= 11 is 0. The Bertz CT molecular complexity index is 1230. The van der Waals surface area contributed by atoms with Crippen LogP contribution in [0.2, 0.25) is 0 Å². The molecule has 4 rings (SSSR count). The molecular formula is C27H34N6O5. The van der Waals surface area contributed by atoms with Crippen molar-refractivity contribution in [3.8, 4) is 23.0 Å². The van der Waals surface area contributed by atoms with Crippen molar-refractivity contribution in [1.29, 1.82) is 0 Å². The van der Waals surface area contributed by atoms with Gasteiger partial charge in [0.15, 0.2) is 0 Å². The molecule has 0 atom stereocenters. The fraction of sp³-hybridized carbons (Fsp3) is 0.444. The summed E-state index contributed by atoms with van der Waals surface area (Å²) in [6, 6.07) is 11.5. The van der Waals surface area contributed by atoms with E-state index in [-0.39, 0.29) is 19.8 Å². The van der Waals surface area contributed by atoms with E-state index in [0.717, 1.165) is 11.3 Å². The zero-order valence-electron chi connectivity index (χ0n) is 22.6. The molecule has 0 radical (unpaired) electrons. The van der Waals surface area contributed by atoms with Crippen LogP contribution in [0.4, 0.5) is 9.59 Å². The fourth-order valence-corrected chi connectivity index (χ4v) is 3.78. The minimum absolute atomic E-state index is 0.0238. The summed E-state index contributed by atoms with van der Waals surface area (Å²) in [6.45, 7) is 11.2. The minimum Gasteiger partial charge on any atom is -0.470 e. The van der Waals surface area contributed by atoms with Gasteiger partial charge in [-0.05, 0) is 41.5 Å². The number of hydrogen-bond acceptors (Lipinski definition) is 8. The molecule has 0 aliphatic carbocycles. The first-order valence-electron chi connectivity index (χ1n) is 12.4. The van der Waals surface area contributed by atoms with E-state index in [1.165, 1.54) is 16.1 Å². The summed E-state index contributed by atoms with van der Waals surface area (Å²) < 4.78 is 19.0. The van der Waals surface area contributed by atoms with Crippen molar-refractivity contribution < 1.29 is 23.8 Å². The second-order valence-electron chi connectivity index (χ2n) is 11.0. The zero-order valence-corrected chi connectivity index (χ0v) is 22.6. The van der Waals surface area contributed by atoms with Crippen LogP contribution in [0.5, 0.6) is 5.88 Å². The molecule has 202 valence electrons. The maximum atomic E-state index is 12.9. The normalized spacial score (nSPS) is 14.8. The van der Waals surface area contributed by atoms with Crippen molar-refractivity contribution in [2.75, 3.05) is 19.8 Å². The number of hydrogen-bond donors (Lipinski definition) is 0. The van der Waals surface area contributed by atoms with E-state index in [1.54, 1.807) is 58.5 Å². The van der Waals surface area contributed by atoms with Crippen LogP contribution >= 0.6 is 0 Å². The first-order valence-corrected chi connectivity index (χ1v) is 12.4. The quantitative estimate of drug-likeness (QED) is 0.492. The topological polar surface area (TPSA) is 112 Å². The van der Waals surface area contributed by atoms with Crippen molar-refractivity contribution in [2.45, 2.75) is 58.8 Å². The number of aromatic nitrogens is 4. The Hall–Kier alpha value is -4.15. The summed E-state index contributed by atoms with van der Waals surface area (Å²) in [5.74, 6) is 0.860. The number of ether oxygens (including phenoxy) is 3. The SMILES string of the molecule is CC(C)(C)OC(=O)N1CC(Oc2cc(-n3cnc(-c4ccccc4)c3)ncn2)CN(C(=O)OC(C)(C)C)C1. The van der Waals surface area contributed by atoms with Gasteiger partial charge in [0.2, 0.25) is 5.88 Å². The minimum atomic E-state index is -0.688. The predicted molar refractivity (Wildman–Crippen MR) is 140 cm³/mol. The lowest BCUT2D eigenvalue weighted by Crippen LogP contribution is -2.58. The molecule has 0 unspecified atom stereocenters. The number of carbonyl (C=O) groups excluding carboxylic acids is 2. The summed E-state index contributed by atoms with van der Waals surface area (Å²) in [5, 5.41) is 0. The average Bonchev–Trinajstić information content (AvgIpc) is 3.33. The van der Waals surface area contributed by atoms with E-state index in [1.807, 2.05) is 36.5 Å². The third-order valence-corrected chi connectivity index (χ3v) is 5.32. The Morgan fingerprint density at radius 2 is 1.47 bits per heavy atom. The molecule has 1 aliphatic heterocycles. The van der Waals surface area contributed by atoms with Crippen LogP contribution in [0.1, 0.15) is 41.5 Å². The van der Waals surface area contributed by atoms with E-state index in [4.69, 9.17) is 14.2 Å². The molecule has 1 saturated heterocycles. The van der Waals surface area contributed by atoms with Gasteiger partial charge in [0.25, 0.3) is 0 Å². The van der Waals surface area contributed by atoms with Crippen LogP contribution in [0.15, 0.2) is 55.2 Å². The maximum Gasteiger partial charge on any atom is 0.411 e. The molecule has 1 aromatic carbocycles. The number of carbonyl (C=O) groups is 2. The monoisotopic (exact) mass is 522 g/mol. The van der Waals surface area contributed by atoms with E-state index in [0.29, 0.717) is 11.7 Å². The molecule has 2 amide bonds. The summed E-state index contributed by atoms with van der Waals surface area (Å²) in [7, 11) is 0. The number of benzene rings is 1. The molecule has 0 bridgehead atoms. The largest absolute Gasteiger partial charge is 0.470 e. The van der Waals surface area contributed by atoms with Crippen LogP contribution in [0, 0.1) is 0 Å². The molecule has 1 fully saturated rings. The molecular weight excluding hydrogens is 488 g/mol. The van der Waals surface area contributed by atoms with Crippen molar-refractivity contribution in [3.05, 3.63) is 55.2 Å². The summed E-state index contributed by atoms with van der Waals surface area (Å²) in [4.78, 5) is 41.6. The van der Waals surface area contributed by atoms with Crippen LogP contribution < -0.4 is 4.74 Å². The Kier molecular flexibility index (Phi) is 7.56. The van der Waals surface area contributed by atoms with Crippen molar-refractivity contribution >= 4 is 12.2 Å². The molecule has 38 heavy (non-hydrogen) atoms. The van der Waals surface area contributed by atoms with Gasteiger partial charge in [-0.2, -0.15) is 0 Å². The lowest BCUT2D eigenvalue weighted by Gasteiger charge is -2.40. The van der Waals surface area contributed by atoms with Crippen molar-refractivity contribution in [1.82, 2.24) is 29.3 Å². The van der Waals surface area contributed by atoms with Gasteiger partial charge in [-0.15, -0.1) is 0 Å². The maximum absolute atomic E-state index is 12.9. The molecule has 3 heterocycles. The second-order valence-corrected chi connectivity index (χ2v) is 11.0. The predicted octanol–water partition coefficient (Wildman–Crippen LogP) is 4.52. The molecule has 11 nitrogen and oxygen atoms in total. The van der Waals surface area contributed by atoms with Gasteiger partial charge in [-0.25, -0.2) is 24.5 Å². The van der Waals surface area contributed by atoms with E-state index in [9.17, 15) is 9.59 Å². The van der Waals surface area contributed by atoms with Crippen molar-refractivity contribution in [3.63, 3.8) is 0 Å². The third kappa shape index (κ3) is 7.21. The van der Waals surface area contributed by atoms with Gasteiger partial charge in [0, 0.05) is 17.8 Å². The van der Waals surface area contributed by atoms with Crippen LogP contribution in [0.25, 0.3) is 17.1 Å². The van der Waals surface area contributed by atoms with Crippen LogP contribution in [-0.2, 0) is 9.47 Å². The first-order chi connectivity index (χ1) is 17.9. The lowest BCUT2D eigenvalue weighted by atomic mass is 10.2. The number of rotatable bonds is 4. The zero-order chi connectivity index (χ0) is 27.5. The number of nitrogens with zero attached hydrogens (tertiary/aromatic N) is 6. The lowest BCUT2D eigenvalue weighted by molar-refractivity contribution is -0.0370. The van der Waals surface area contributed by atoms with Gasteiger partial charge in [0.05, 0.1) is 18.8 Å². The average molecular weight is 523 g/mol. The smallest absolute Gasteiger partial charge is 0.411 e. The van der Waals surface area contributed by atoms with Crippen molar-refractivity contribution in [2.24, 2.45) is 0 Å². The molecule has 0 spiro atoms. The Morgan fingerprint density at radius 3 is 2.05 bits per heavy atom. The number of imidazole rings is 1. The van der Waals surface area contributed by atoms with E-state index >= 15 is 0 Å². The highest BCUT2D eigenvalue weighted by Crippen LogP contribution is 2.22. The Labute approximate surface area is 222 Å². The molecule has 1 aliphatic rings. The highest BCUT2D eigenvalue weighted by atomic mass is 16.6. The van der Waals surface area contributed by atoms with Gasteiger partial charge in [-0.1, -0.05) is 30.3 Å². The van der Waals surface area contributed by atoms with Crippen LogP contribution in [0.3, 0.4) is 0 Å². The Balaban J connectivity index is 1.52. The van der Waals surface area contributed by atoms with Gasteiger partial charge in [0.1, 0.15) is 42.4 Å². The van der Waals surface area contributed by atoms with E-state index in [2.05, 4.69) is 15.0 Å². The second kappa shape index (κ2) is 10.7. The Morgan fingerprint density at radius 1 is 0.868 bits per heavy atom. The van der Waals surface area contributed by atoms with Gasteiger partial charge in [-0.3, -0.25) is 14.4 Å². The molecule has 11 heteroatoms. The molecule has 3 aromatic rings. The summed E-state index contributed by atoms with van der Waals surface area (Å²) in [6.07, 6.45) is 3.27. The highest BCUT2D eigenvalue weighted by molar-refractivity contribution is 5.71. The molecule has 0 saturated carbocycles. The van der Waals surface area contributed by atoms with Gasteiger partial charge < -0.3 is 14.2 Å². The molecule has 2 aromatic heterocycles. The summed E-state index contributed by atoms with van der Waals surface area (Å²) in [5.41, 5.74) is 0.419. The molecule has 0 N–H and O–H groups in total. The fourth-order valence-electron chi connectivity index (χ4n) is 3.78. The van der Waals surface area contributed by atoms with E-state index < -0.39 is 29.5 Å². The standard InChI is InChI=1S/C27H34N6O5/c1-26(2,3)37-24(34)32-13-20(14-33(18-32)25(35)38-27(4,5)6)36-23-12-22(28-16-29-23)31-15-21(30-17-31)19-10-8-7-9-11-19/h7-12,15-17,20H,13-14,18H2,1-6H3. The number of amides is 2. The highest BCUT2D eigenvalue weighted by Gasteiger charge is 2.36. The third-order valence-electron chi connectivity index (χ3n) is 5.32. The van der Waals surface area contributed by atoms with Gasteiger partial charge >= 0.3 is 12.2 Å².